The highest BCUT2D eigenvalue weighted by Gasteiger charge is 2.24. The van der Waals surface area contributed by atoms with Crippen molar-refractivity contribution in [2.24, 2.45) is 5.73 Å². The zero-order valence-electron chi connectivity index (χ0n) is 11.0. The fourth-order valence-corrected chi connectivity index (χ4v) is 3.12. The third-order valence-electron chi connectivity index (χ3n) is 4.42. The van der Waals surface area contributed by atoms with Crippen LogP contribution in [0.25, 0.3) is 5.69 Å². The third-order valence-corrected chi connectivity index (χ3v) is 4.42. The van der Waals surface area contributed by atoms with Gasteiger partial charge in [0.15, 0.2) is 0 Å². The van der Waals surface area contributed by atoms with Crippen LogP contribution in [0.15, 0.2) is 30.5 Å². The molecule has 1 aromatic carbocycles. The summed E-state index contributed by atoms with van der Waals surface area (Å²) in [6, 6.07) is 9.07. The van der Waals surface area contributed by atoms with Crippen LogP contribution >= 0.6 is 0 Å². The second kappa shape index (κ2) is 4.20. The molecule has 2 aliphatic carbocycles. The van der Waals surface area contributed by atoms with Crippen LogP contribution in [0.2, 0.25) is 0 Å². The van der Waals surface area contributed by atoms with E-state index in [0.29, 0.717) is 0 Å². The monoisotopic (exact) mass is 253 g/mol. The fraction of sp³-hybridized carbons (Fsp3) is 0.438. The first kappa shape index (κ1) is 11.2. The van der Waals surface area contributed by atoms with Gasteiger partial charge in [-0.2, -0.15) is 5.10 Å². The molecule has 4 rings (SSSR count). The molecule has 3 nitrogen and oxygen atoms in total. The summed E-state index contributed by atoms with van der Waals surface area (Å²) < 4.78 is 2.07. The number of benzene rings is 1. The maximum Gasteiger partial charge on any atom is 0.0649 e. The van der Waals surface area contributed by atoms with Crippen molar-refractivity contribution in [3.8, 4) is 5.69 Å². The van der Waals surface area contributed by atoms with Crippen LogP contribution in [0.5, 0.6) is 0 Å². The standard InChI is InChI=1S/C16H19N3/c17-15-2-1-3-16-14(15)10-18-19(16)13-8-6-12(7-9-13)11-4-5-11/h6-11,15H,1-5,17H2. The number of rotatable bonds is 2. The fourth-order valence-electron chi connectivity index (χ4n) is 3.12. The molecular weight excluding hydrogens is 234 g/mol. The van der Waals surface area contributed by atoms with Crippen LogP contribution in [-0.2, 0) is 6.42 Å². The predicted molar refractivity (Wildman–Crippen MR) is 75.4 cm³/mol. The molecule has 0 radical (unpaired) electrons. The summed E-state index contributed by atoms with van der Waals surface area (Å²) >= 11 is 0. The number of nitrogens with two attached hydrogens (primary N) is 1. The number of nitrogens with zero attached hydrogens (tertiary/aromatic N) is 2. The normalized spacial score (nSPS) is 22.3. The molecule has 0 amide bonds. The lowest BCUT2D eigenvalue weighted by molar-refractivity contribution is 0.558. The first-order chi connectivity index (χ1) is 9.33. The molecule has 0 bridgehead atoms. The molecule has 3 heteroatoms. The Morgan fingerprint density at radius 2 is 1.89 bits per heavy atom. The second-order valence-electron chi connectivity index (χ2n) is 5.82. The molecule has 1 heterocycles. The molecule has 1 aromatic heterocycles. The summed E-state index contributed by atoms with van der Waals surface area (Å²) in [5, 5.41) is 4.55. The minimum absolute atomic E-state index is 0.170. The summed E-state index contributed by atoms with van der Waals surface area (Å²) in [7, 11) is 0. The maximum atomic E-state index is 6.16. The van der Waals surface area contributed by atoms with Crippen LogP contribution < -0.4 is 5.73 Å². The van der Waals surface area contributed by atoms with E-state index in [1.807, 2.05) is 6.20 Å². The zero-order valence-corrected chi connectivity index (χ0v) is 11.0. The molecule has 0 aliphatic heterocycles. The van der Waals surface area contributed by atoms with Crippen molar-refractivity contribution in [2.45, 2.75) is 44.1 Å². The molecule has 2 N–H and O–H groups in total. The Hall–Kier alpha value is -1.61. The van der Waals surface area contributed by atoms with E-state index in [0.717, 1.165) is 18.8 Å². The van der Waals surface area contributed by atoms with Gasteiger partial charge in [-0.1, -0.05) is 12.1 Å². The first-order valence-corrected chi connectivity index (χ1v) is 7.25. The molecule has 0 spiro atoms. The molecule has 19 heavy (non-hydrogen) atoms. The number of fused-ring (bicyclic) bond motifs is 1. The molecule has 98 valence electrons. The maximum absolute atomic E-state index is 6.16. The lowest BCUT2D eigenvalue weighted by Crippen LogP contribution is -2.17. The number of hydrogen-bond donors (Lipinski definition) is 1. The van der Waals surface area contributed by atoms with E-state index < -0.39 is 0 Å². The van der Waals surface area contributed by atoms with Gasteiger partial charge >= 0.3 is 0 Å². The van der Waals surface area contributed by atoms with E-state index in [2.05, 4.69) is 34.0 Å². The van der Waals surface area contributed by atoms with Gasteiger partial charge in [0.2, 0.25) is 0 Å². The van der Waals surface area contributed by atoms with E-state index in [1.54, 1.807) is 0 Å². The van der Waals surface area contributed by atoms with Gasteiger partial charge in [-0.15, -0.1) is 0 Å². The van der Waals surface area contributed by atoms with E-state index >= 15 is 0 Å². The molecular formula is C16H19N3. The third kappa shape index (κ3) is 1.89. The van der Waals surface area contributed by atoms with Gasteiger partial charge < -0.3 is 5.73 Å². The lowest BCUT2D eigenvalue weighted by Gasteiger charge is -2.19. The van der Waals surface area contributed by atoms with E-state index in [9.17, 15) is 0 Å². The predicted octanol–water partition coefficient (Wildman–Crippen LogP) is 3.09. The molecule has 1 fully saturated rings. The topological polar surface area (TPSA) is 43.8 Å². The SMILES string of the molecule is NC1CCCc2c1cnn2-c1ccc(C2CC2)cc1. The van der Waals surface area contributed by atoms with Gasteiger partial charge in [0.05, 0.1) is 11.9 Å². The molecule has 2 aliphatic rings. The molecule has 1 unspecified atom stereocenters. The Balaban J connectivity index is 1.71. The number of hydrogen-bond acceptors (Lipinski definition) is 2. The van der Waals surface area contributed by atoms with Crippen molar-refractivity contribution in [1.29, 1.82) is 0 Å². The average Bonchev–Trinajstić information content (AvgIpc) is 3.19. The second-order valence-corrected chi connectivity index (χ2v) is 5.82. The Bertz CT molecular complexity index is 593. The average molecular weight is 253 g/mol. The van der Waals surface area contributed by atoms with Gasteiger partial charge in [0.25, 0.3) is 0 Å². The summed E-state index contributed by atoms with van der Waals surface area (Å²) in [6.07, 6.45) is 8.00. The quantitative estimate of drug-likeness (QED) is 0.893. The summed E-state index contributed by atoms with van der Waals surface area (Å²) in [4.78, 5) is 0. The smallest absolute Gasteiger partial charge is 0.0649 e. The zero-order chi connectivity index (χ0) is 12.8. The van der Waals surface area contributed by atoms with Crippen molar-refractivity contribution >= 4 is 0 Å². The van der Waals surface area contributed by atoms with Gasteiger partial charge in [0.1, 0.15) is 0 Å². The Morgan fingerprint density at radius 1 is 1.11 bits per heavy atom. The minimum Gasteiger partial charge on any atom is -0.324 e. The van der Waals surface area contributed by atoms with Crippen molar-refractivity contribution in [3.05, 3.63) is 47.3 Å². The highest BCUT2D eigenvalue weighted by Crippen LogP contribution is 2.40. The van der Waals surface area contributed by atoms with Crippen molar-refractivity contribution < 1.29 is 0 Å². The van der Waals surface area contributed by atoms with E-state index in [-0.39, 0.29) is 6.04 Å². The Kier molecular flexibility index (Phi) is 2.49. The van der Waals surface area contributed by atoms with Crippen LogP contribution in [0, 0.1) is 0 Å². The number of aromatic nitrogens is 2. The van der Waals surface area contributed by atoms with Crippen LogP contribution in [0.4, 0.5) is 0 Å². The highest BCUT2D eigenvalue weighted by molar-refractivity contribution is 5.40. The van der Waals surface area contributed by atoms with Crippen LogP contribution in [-0.4, -0.2) is 9.78 Å². The molecule has 1 saturated carbocycles. The largest absolute Gasteiger partial charge is 0.324 e. The van der Waals surface area contributed by atoms with Gasteiger partial charge in [0, 0.05) is 17.3 Å². The van der Waals surface area contributed by atoms with Crippen molar-refractivity contribution in [3.63, 3.8) is 0 Å². The van der Waals surface area contributed by atoms with Gasteiger partial charge in [-0.25, -0.2) is 4.68 Å². The summed E-state index contributed by atoms with van der Waals surface area (Å²) in [5.74, 6) is 0.814. The Morgan fingerprint density at radius 3 is 2.63 bits per heavy atom. The molecule has 0 saturated heterocycles. The van der Waals surface area contributed by atoms with Crippen molar-refractivity contribution in [2.75, 3.05) is 0 Å². The summed E-state index contributed by atoms with van der Waals surface area (Å²) in [5.41, 5.74) is 11.3. The van der Waals surface area contributed by atoms with E-state index in [1.165, 1.54) is 41.8 Å². The van der Waals surface area contributed by atoms with Gasteiger partial charge in [-0.05, 0) is 55.7 Å². The van der Waals surface area contributed by atoms with Crippen molar-refractivity contribution in [1.82, 2.24) is 9.78 Å². The highest BCUT2D eigenvalue weighted by atomic mass is 15.3. The minimum atomic E-state index is 0.170. The summed E-state index contributed by atoms with van der Waals surface area (Å²) in [6.45, 7) is 0. The lowest BCUT2D eigenvalue weighted by atomic mass is 9.94. The molecule has 1 atom stereocenters. The first-order valence-electron chi connectivity index (χ1n) is 7.25. The van der Waals surface area contributed by atoms with Crippen LogP contribution in [0.1, 0.15) is 54.5 Å². The van der Waals surface area contributed by atoms with Crippen LogP contribution in [0.3, 0.4) is 0 Å². The molecule has 2 aromatic rings. The Labute approximate surface area is 113 Å². The van der Waals surface area contributed by atoms with Gasteiger partial charge in [-0.3, -0.25) is 0 Å². The van der Waals surface area contributed by atoms with E-state index in [4.69, 9.17) is 5.73 Å².